The van der Waals surface area contributed by atoms with E-state index in [1.807, 2.05) is 18.3 Å². The van der Waals surface area contributed by atoms with E-state index in [9.17, 15) is 4.39 Å². The summed E-state index contributed by atoms with van der Waals surface area (Å²) in [6.07, 6.45) is 4.28. The predicted octanol–water partition coefficient (Wildman–Crippen LogP) is 2.83. The maximum atomic E-state index is 13.9. The predicted molar refractivity (Wildman–Crippen MR) is 91.4 cm³/mol. The summed E-state index contributed by atoms with van der Waals surface area (Å²) in [5, 5.41) is 0. The second-order valence-corrected chi connectivity index (χ2v) is 6.34. The first-order valence-corrected chi connectivity index (χ1v) is 8.41. The molecule has 1 aliphatic heterocycles. The minimum atomic E-state index is -0.317. The van der Waals surface area contributed by atoms with Crippen molar-refractivity contribution in [3.05, 3.63) is 42.1 Å². The maximum Gasteiger partial charge on any atom is 0.167 e. The van der Waals surface area contributed by atoms with Gasteiger partial charge in [-0.3, -0.25) is 0 Å². The number of aromatic nitrogens is 2. The van der Waals surface area contributed by atoms with E-state index >= 15 is 0 Å². The number of anilines is 2. The summed E-state index contributed by atoms with van der Waals surface area (Å²) in [4.78, 5) is 13.6. The highest BCUT2D eigenvalue weighted by Gasteiger charge is 2.27. The van der Waals surface area contributed by atoms with Crippen LogP contribution >= 0.6 is 0 Å². The zero-order valence-corrected chi connectivity index (χ0v) is 13.8. The molecule has 0 radical (unpaired) electrons. The van der Waals surface area contributed by atoms with Crippen molar-refractivity contribution in [2.75, 3.05) is 43.1 Å². The first-order chi connectivity index (χ1) is 11.7. The lowest BCUT2D eigenvalue weighted by Gasteiger charge is -2.36. The molecule has 5 nitrogen and oxygen atoms in total. The Morgan fingerprint density at radius 2 is 1.83 bits per heavy atom. The fourth-order valence-corrected chi connectivity index (χ4v) is 3.12. The van der Waals surface area contributed by atoms with Crippen LogP contribution in [0.3, 0.4) is 0 Å². The van der Waals surface area contributed by atoms with Gasteiger partial charge < -0.3 is 14.5 Å². The Hall–Kier alpha value is -2.37. The molecule has 126 valence electrons. The summed E-state index contributed by atoms with van der Waals surface area (Å²) in [6, 6.07) is 7.12. The van der Waals surface area contributed by atoms with Crippen molar-refractivity contribution in [1.29, 1.82) is 0 Å². The number of nitrogens with zero attached hydrogens (tertiary/aromatic N) is 4. The Bertz CT molecular complexity index is 727. The van der Waals surface area contributed by atoms with E-state index in [0.29, 0.717) is 5.92 Å². The van der Waals surface area contributed by atoms with Gasteiger partial charge in [-0.25, -0.2) is 14.4 Å². The number of methoxy groups -OCH3 is 1. The van der Waals surface area contributed by atoms with E-state index in [1.165, 1.54) is 20.0 Å². The third-order valence-electron chi connectivity index (χ3n) is 4.71. The molecule has 2 fully saturated rings. The quantitative estimate of drug-likeness (QED) is 0.863. The van der Waals surface area contributed by atoms with E-state index in [-0.39, 0.29) is 11.6 Å². The van der Waals surface area contributed by atoms with Gasteiger partial charge in [0, 0.05) is 50.0 Å². The summed E-state index contributed by atoms with van der Waals surface area (Å²) in [7, 11) is 1.48. The van der Waals surface area contributed by atoms with E-state index < -0.39 is 0 Å². The topological polar surface area (TPSA) is 41.5 Å². The van der Waals surface area contributed by atoms with E-state index in [4.69, 9.17) is 9.72 Å². The molecule has 1 saturated carbocycles. The first kappa shape index (κ1) is 15.2. The Kier molecular flexibility index (Phi) is 3.96. The minimum Gasteiger partial charge on any atom is -0.494 e. The monoisotopic (exact) mass is 328 g/mol. The lowest BCUT2D eigenvalue weighted by atomic mass is 10.2. The number of hydrogen-bond donors (Lipinski definition) is 0. The van der Waals surface area contributed by atoms with Crippen molar-refractivity contribution in [3.63, 3.8) is 0 Å². The molecule has 0 unspecified atom stereocenters. The fraction of sp³-hybridized carbons (Fsp3) is 0.444. The molecule has 0 atom stereocenters. The molecule has 0 amide bonds. The van der Waals surface area contributed by atoms with Crippen LogP contribution in [0.4, 0.5) is 15.9 Å². The average molecular weight is 328 g/mol. The summed E-state index contributed by atoms with van der Waals surface area (Å²) in [6.45, 7) is 3.42. The van der Waals surface area contributed by atoms with E-state index in [0.717, 1.165) is 43.5 Å². The highest BCUT2D eigenvalue weighted by molar-refractivity contribution is 5.52. The Morgan fingerprint density at radius 3 is 2.50 bits per heavy atom. The van der Waals surface area contributed by atoms with Gasteiger partial charge in [0.1, 0.15) is 11.6 Å². The van der Waals surface area contributed by atoms with Crippen LogP contribution < -0.4 is 14.5 Å². The second-order valence-electron chi connectivity index (χ2n) is 6.34. The van der Waals surface area contributed by atoms with Crippen LogP contribution in [-0.2, 0) is 0 Å². The number of benzene rings is 1. The molecule has 0 spiro atoms. The molecule has 24 heavy (non-hydrogen) atoms. The van der Waals surface area contributed by atoms with E-state index in [1.54, 1.807) is 12.1 Å². The van der Waals surface area contributed by atoms with Crippen LogP contribution in [0.15, 0.2) is 30.5 Å². The Morgan fingerprint density at radius 1 is 1.08 bits per heavy atom. The zero-order valence-electron chi connectivity index (χ0n) is 13.8. The van der Waals surface area contributed by atoms with Crippen molar-refractivity contribution in [3.8, 4) is 5.75 Å². The zero-order chi connectivity index (χ0) is 16.5. The fourth-order valence-electron chi connectivity index (χ4n) is 3.12. The van der Waals surface area contributed by atoms with Crippen LogP contribution in [0.5, 0.6) is 5.75 Å². The van der Waals surface area contributed by atoms with Crippen molar-refractivity contribution in [2.45, 2.75) is 18.8 Å². The van der Waals surface area contributed by atoms with Gasteiger partial charge in [0.15, 0.2) is 11.6 Å². The molecule has 4 rings (SSSR count). The van der Waals surface area contributed by atoms with Crippen molar-refractivity contribution in [2.24, 2.45) is 0 Å². The molecule has 1 aromatic carbocycles. The maximum absolute atomic E-state index is 13.9. The number of rotatable bonds is 4. The molecule has 2 heterocycles. The van der Waals surface area contributed by atoms with Gasteiger partial charge in [0.2, 0.25) is 0 Å². The van der Waals surface area contributed by atoms with Gasteiger partial charge in [-0.2, -0.15) is 0 Å². The summed E-state index contributed by atoms with van der Waals surface area (Å²) >= 11 is 0. The number of piperazine rings is 1. The highest BCUT2D eigenvalue weighted by Crippen LogP contribution is 2.38. The molecule has 2 aromatic rings. The Balaban J connectivity index is 1.43. The molecular weight excluding hydrogens is 307 g/mol. The third kappa shape index (κ3) is 3.00. The molecule has 6 heteroatoms. The number of halogens is 1. The van der Waals surface area contributed by atoms with E-state index in [2.05, 4.69) is 14.8 Å². The smallest absolute Gasteiger partial charge is 0.167 e. The summed E-state index contributed by atoms with van der Waals surface area (Å²) in [5.41, 5.74) is 0.898. The average Bonchev–Trinajstić information content (AvgIpc) is 3.47. The van der Waals surface area contributed by atoms with Gasteiger partial charge in [-0.15, -0.1) is 0 Å². The van der Waals surface area contributed by atoms with Gasteiger partial charge in [-0.05, 0) is 31.0 Å². The number of hydrogen-bond acceptors (Lipinski definition) is 5. The third-order valence-corrected chi connectivity index (χ3v) is 4.71. The SMILES string of the molecule is COc1ccc(N2CCN(c3ccnc(C4CC4)n3)CC2)cc1F. The van der Waals surface area contributed by atoms with Gasteiger partial charge in [-0.1, -0.05) is 0 Å². The molecule has 2 aliphatic rings. The van der Waals surface area contributed by atoms with Crippen LogP contribution in [0.2, 0.25) is 0 Å². The molecular formula is C18H21FN4O. The summed E-state index contributed by atoms with van der Waals surface area (Å²) in [5.74, 6) is 2.52. The highest BCUT2D eigenvalue weighted by atomic mass is 19.1. The van der Waals surface area contributed by atoms with Crippen LogP contribution in [0.1, 0.15) is 24.6 Å². The lowest BCUT2D eigenvalue weighted by Crippen LogP contribution is -2.47. The molecule has 1 saturated heterocycles. The summed E-state index contributed by atoms with van der Waals surface area (Å²) < 4.78 is 18.9. The molecule has 1 aliphatic carbocycles. The largest absolute Gasteiger partial charge is 0.494 e. The Labute approximate surface area is 141 Å². The van der Waals surface area contributed by atoms with Crippen molar-refractivity contribution < 1.29 is 9.13 Å². The van der Waals surface area contributed by atoms with Crippen molar-refractivity contribution in [1.82, 2.24) is 9.97 Å². The molecule has 0 N–H and O–H groups in total. The van der Waals surface area contributed by atoms with Gasteiger partial charge >= 0.3 is 0 Å². The normalized spacial score (nSPS) is 17.9. The molecule has 1 aromatic heterocycles. The van der Waals surface area contributed by atoms with Crippen LogP contribution in [0, 0.1) is 5.82 Å². The minimum absolute atomic E-state index is 0.283. The van der Waals surface area contributed by atoms with Gasteiger partial charge in [0.05, 0.1) is 7.11 Å². The second kappa shape index (κ2) is 6.26. The van der Waals surface area contributed by atoms with Crippen LogP contribution in [-0.4, -0.2) is 43.3 Å². The standard InChI is InChI=1S/C18H21FN4O/c1-24-16-5-4-14(12-15(16)19)22-8-10-23(11-9-22)17-6-7-20-18(21-17)13-2-3-13/h4-7,12-13H,2-3,8-11H2,1H3. The molecule has 0 bridgehead atoms. The number of ether oxygens (including phenoxy) is 1. The van der Waals surface area contributed by atoms with Crippen molar-refractivity contribution >= 4 is 11.5 Å². The van der Waals surface area contributed by atoms with Gasteiger partial charge in [0.25, 0.3) is 0 Å². The first-order valence-electron chi connectivity index (χ1n) is 8.41. The van der Waals surface area contributed by atoms with Crippen LogP contribution in [0.25, 0.3) is 0 Å². The lowest BCUT2D eigenvalue weighted by molar-refractivity contribution is 0.386.